The lowest BCUT2D eigenvalue weighted by Gasteiger charge is -2.29. The van der Waals surface area contributed by atoms with Crippen LogP contribution in [0.5, 0.6) is 0 Å². The molecular formula is C29H48N4O11. The zero-order valence-electron chi connectivity index (χ0n) is 27.3. The second-order valence-corrected chi connectivity index (χ2v) is 11.4. The average molecular weight is 629 g/mol. The summed E-state index contributed by atoms with van der Waals surface area (Å²) < 4.78 is 19.7. The zero-order valence-corrected chi connectivity index (χ0v) is 27.3. The summed E-state index contributed by atoms with van der Waals surface area (Å²) in [6, 6.07) is -4.81. The maximum atomic E-state index is 13.1. The van der Waals surface area contributed by atoms with Gasteiger partial charge in [0.25, 0.3) is 0 Å². The van der Waals surface area contributed by atoms with Gasteiger partial charge in [0.2, 0.25) is 17.7 Å². The summed E-state index contributed by atoms with van der Waals surface area (Å²) in [6.07, 6.45) is 0.0881. The van der Waals surface area contributed by atoms with Crippen molar-refractivity contribution >= 4 is 41.7 Å². The van der Waals surface area contributed by atoms with E-state index in [0.29, 0.717) is 0 Å². The minimum absolute atomic E-state index is 0.0535. The van der Waals surface area contributed by atoms with Crippen LogP contribution < -0.4 is 16.0 Å². The molecule has 0 radical (unpaired) electrons. The molecule has 0 aromatic heterocycles. The molecule has 0 saturated carbocycles. The molecule has 0 rings (SSSR count). The van der Waals surface area contributed by atoms with E-state index in [2.05, 4.69) is 22.5 Å². The van der Waals surface area contributed by atoms with E-state index in [0.717, 1.165) is 19.1 Å². The number of nitrogens with one attached hydrogen (secondary N) is 3. The SMILES string of the molecule is C=CCOC(=O)[C@@H](NC(=O)[C@@H](C)[C@@H](NC(=O)[C@H](C)N(C)C(=O)CC[C@@H](NC(=O)OC(C)(C)C)C(=O)OC)C(=O)OC)C(C)C. The Bertz CT molecular complexity index is 1050. The summed E-state index contributed by atoms with van der Waals surface area (Å²) in [6.45, 7) is 14.5. The zero-order chi connectivity index (χ0) is 34.4. The third kappa shape index (κ3) is 13.4. The van der Waals surface area contributed by atoms with Crippen molar-refractivity contribution in [3.05, 3.63) is 12.7 Å². The van der Waals surface area contributed by atoms with E-state index in [-0.39, 0.29) is 25.4 Å². The Kier molecular flexibility index (Phi) is 16.7. The number of carbonyl (C=O) groups excluding carboxylic acids is 7. The van der Waals surface area contributed by atoms with Crippen molar-refractivity contribution in [2.75, 3.05) is 27.9 Å². The van der Waals surface area contributed by atoms with E-state index in [9.17, 15) is 33.6 Å². The van der Waals surface area contributed by atoms with Crippen molar-refractivity contribution in [2.45, 2.75) is 91.1 Å². The Morgan fingerprint density at radius 2 is 1.36 bits per heavy atom. The van der Waals surface area contributed by atoms with Crippen LogP contribution in [-0.2, 0) is 47.7 Å². The highest BCUT2D eigenvalue weighted by molar-refractivity contribution is 5.94. The molecule has 0 fully saturated rings. The first-order valence-electron chi connectivity index (χ1n) is 14.1. The molecule has 4 amide bonds. The fraction of sp³-hybridized carbons (Fsp3) is 0.690. The van der Waals surface area contributed by atoms with Crippen molar-refractivity contribution in [3.63, 3.8) is 0 Å². The first-order valence-corrected chi connectivity index (χ1v) is 14.1. The van der Waals surface area contributed by atoms with Gasteiger partial charge in [-0.05, 0) is 40.0 Å². The van der Waals surface area contributed by atoms with Gasteiger partial charge in [-0.15, -0.1) is 0 Å². The Hall–Kier alpha value is -4.17. The van der Waals surface area contributed by atoms with Gasteiger partial charge in [-0.3, -0.25) is 14.4 Å². The number of carbonyl (C=O) groups is 7. The van der Waals surface area contributed by atoms with E-state index >= 15 is 0 Å². The van der Waals surface area contributed by atoms with Gasteiger partial charge < -0.3 is 39.8 Å². The Morgan fingerprint density at radius 3 is 1.84 bits per heavy atom. The van der Waals surface area contributed by atoms with Crippen molar-refractivity contribution < 1.29 is 52.5 Å². The summed E-state index contributed by atoms with van der Waals surface area (Å²) in [5, 5.41) is 7.36. The molecule has 0 unspecified atom stereocenters. The number of likely N-dealkylation sites (N-methyl/N-ethyl adjacent to an activating group) is 1. The highest BCUT2D eigenvalue weighted by Gasteiger charge is 2.37. The lowest BCUT2D eigenvalue weighted by molar-refractivity contribution is -0.151. The van der Waals surface area contributed by atoms with Gasteiger partial charge >= 0.3 is 24.0 Å². The number of amides is 4. The first kappa shape index (κ1) is 39.8. The standard InChI is InChI=1S/C29H48N4O11/c1-12-15-43-27(39)21(16(2)3)31-23(35)17(4)22(26(38)42-11)32-24(36)18(5)33(9)20(34)14-13-19(25(37)41-10)30-28(40)44-29(6,7)8/h12,16-19,21-22H,1,13-15H2,2-11H3,(H,30,40)(H,31,35)(H,32,36)/t17-,18-,19+,21-,22+/m0/s1. The molecule has 0 aliphatic rings. The second kappa shape index (κ2) is 18.5. The highest BCUT2D eigenvalue weighted by atomic mass is 16.6. The van der Waals surface area contributed by atoms with Crippen LogP contribution in [0.15, 0.2) is 12.7 Å². The third-order valence-corrected chi connectivity index (χ3v) is 6.41. The Morgan fingerprint density at radius 1 is 0.818 bits per heavy atom. The second-order valence-electron chi connectivity index (χ2n) is 11.4. The van der Waals surface area contributed by atoms with Gasteiger partial charge in [0.15, 0.2) is 0 Å². The number of esters is 3. The van der Waals surface area contributed by atoms with Crippen LogP contribution in [0.2, 0.25) is 0 Å². The smallest absolute Gasteiger partial charge is 0.408 e. The lowest BCUT2D eigenvalue weighted by atomic mass is 9.98. The molecule has 0 saturated heterocycles. The number of hydrogen-bond acceptors (Lipinski definition) is 11. The number of methoxy groups -OCH3 is 2. The van der Waals surface area contributed by atoms with Gasteiger partial charge in [-0.25, -0.2) is 19.2 Å². The quantitative estimate of drug-likeness (QED) is 0.124. The van der Waals surface area contributed by atoms with Crippen molar-refractivity contribution in [2.24, 2.45) is 11.8 Å². The predicted molar refractivity (Wildman–Crippen MR) is 158 cm³/mol. The lowest BCUT2D eigenvalue weighted by Crippen LogP contribution is -2.57. The molecule has 15 nitrogen and oxygen atoms in total. The van der Waals surface area contributed by atoms with Gasteiger partial charge in [0.1, 0.15) is 36.4 Å². The molecule has 44 heavy (non-hydrogen) atoms. The van der Waals surface area contributed by atoms with Crippen LogP contribution in [0.4, 0.5) is 4.79 Å². The molecule has 0 heterocycles. The number of ether oxygens (including phenoxy) is 4. The monoisotopic (exact) mass is 628 g/mol. The summed E-state index contributed by atoms with van der Waals surface area (Å²) >= 11 is 0. The summed E-state index contributed by atoms with van der Waals surface area (Å²) in [5.74, 6) is -6.02. The van der Waals surface area contributed by atoms with Crippen LogP contribution in [0, 0.1) is 11.8 Å². The van der Waals surface area contributed by atoms with Crippen LogP contribution in [0.1, 0.15) is 61.3 Å². The number of nitrogens with zero attached hydrogens (tertiary/aromatic N) is 1. The first-order chi connectivity index (χ1) is 20.3. The minimum atomic E-state index is -1.46. The molecule has 3 N–H and O–H groups in total. The molecule has 15 heteroatoms. The fourth-order valence-corrected chi connectivity index (χ4v) is 3.63. The van der Waals surface area contributed by atoms with E-state index in [1.807, 2.05) is 0 Å². The molecule has 0 spiro atoms. The number of hydrogen-bond donors (Lipinski definition) is 3. The molecular weight excluding hydrogens is 580 g/mol. The molecule has 0 aliphatic heterocycles. The molecule has 250 valence electrons. The van der Waals surface area contributed by atoms with Gasteiger partial charge in [0.05, 0.1) is 20.1 Å². The van der Waals surface area contributed by atoms with E-state index < -0.39 is 77.4 Å². The normalized spacial score (nSPS) is 14.4. The van der Waals surface area contributed by atoms with E-state index in [4.69, 9.17) is 18.9 Å². The van der Waals surface area contributed by atoms with Gasteiger partial charge in [0, 0.05) is 13.5 Å². The molecule has 0 aromatic rings. The Labute approximate surface area is 258 Å². The molecule has 5 atom stereocenters. The van der Waals surface area contributed by atoms with Crippen LogP contribution in [0.25, 0.3) is 0 Å². The predicted octanol–water partition coefficient (Wildman–Crippen LogP) is 0.844. The summed E-state index contributed by atoms with van der Waals surface area (Å²) in [5.41, 5.74) is -0.822. The van der Waals surface area contributed by atoms with E-state index in [1.165, 1.54) is 27.0 Å². The Balaban J connectivity index is 5.54. The highest BCUT2D eigenvalue weighted by Crippen LogP contribution is 2.13. The van der Waals surface area contributed by atoms with E-state index in [1.54, 1.807) is 34.6 Å². The van der Waals surface area contributed by atoms with Crippen LogP contribution >= 0.6 is 0 Å². The topological polar surface area (TPSA) is 196 Å². The number of alkyl carbamates (subject to hydrolysis) is 1. The van der Waals surface area contributed by atoms with Crippen LogP contribution in [-0.4, -0.2) is 104 Å². The van der Waals surface area contributed by atoms with Crippen LogP contribution in [0.3, 0.4) is 0 Å². The maximum Gasteiger partial charge on any atom is 0.408 e. The van der Waals surface area contributed by atoms with Crippen molar-refractivity contribution in [1.82, 2.24) is 20.9 Å². The largest absolute Gasteiger partial charge is 0.467 e. The maximum absolute atomic E-state index is 13.1. The van der Waals surface area contributed by atoms with Gasteiger partial charge in [-0.2, -0.15) is 0 Å². The molecule has 0 aromatic carbocycles. The summed E-state index contributed by atoms with van der Waals surface area (Å²) in [7, 11) is 3.55. The fourth-order valence-electron chi connectivity index (χ4n) is 3.63. The van der Waals surface area contributed by atoms with Crippen molar-refractivity contribution in [1.29, 1.82) is 0 Å². The molecule has 0 aliphatic carbocycles. The number of rotatable bonds is 16. The van der Waals surface area contributed by atoms with Gasteiger partial charge in [-0.1, -0.05) is 33.4 Å². The van der Waals surface area contributed by atoms with Crippen molar-refractivity contribution in [3.8, 4) is 0 Å². The molecule has 0 bridgehead atoms. The minimum Gasteiger partial charge on any atom is -0.467 e. The average Bonchev–Trinajstić information content (AvgIpc) is 2.95. The third-order valence-electron chi connectivity index (χ3n) is 6.41. The summed E-state index contributed by atoms with van der Waals surface area (Å²) in [4.78, 5) is 89.4.